The zero-order valence-electron chi connectivity index (χ0n) is 10.8. The third kappa shape index (κ3) is 3.32. The Hall–Kier alpha value is -2.42. The molecule has 0 aromatic heterocycles. The van der Waals surface area contributed by atoms with Crippen LogP contribution in [0.2, 0.25) is 0 Å². The van der Waals surface area contributed by atoms with Crippen molar-refractivity contribution in [1.29, 1.82) is 0 Å². The molecule has 2 N–H and O–H groups in total. The number of anilines is 1. The van der Waals surface area contributed by atoms with Crippen molar-refractivity contribution in [3.63, 3.8) is 0 Å². The Morgan fingerprint density at radius 3 is 2.65 bits per heavy atom. The first-order chi connectivity index (χ1) is 9.44. The molecule has 0 amide bonds. The van der Waals surface area contributed by atoms with E-state index in [9.17, 15) is 19.3 Å². The third-order valence-corrected chi connectivity index (χ3v) is 2.46. The van der Waals surface area contributed by atoms with Crippen molar-refractivity contribution >= 4 is 17.3 Å². The molecule has 0 aliphatic heterocycles. The third-order valence-electron chi connectivity index (χ3n) is 2.46. The highest BCUT2D eigenvalue weighted by Gasteiger charge is 2.23. The number of hydrogen-bond donors (Lipinski definition) is 2. The predicted octanol–water partition coefficient (Wildman–Crippen LogP) is 0.688. The number of ether oxygens (including phenoxy) is 2. The number of nitrogens with one attached hydrogen (secondary N) is 1. The highest BCUT2D eigenvalue weighted by Crippen LogP contribution is 2.32. The van der Waals surface area contributed by atoms with Gasteiger partial charge in [0.05, 0.1) is 37.5 Å². The molecule has 0 saturated heterocycles. The Bertz CT molecular complexity index is 522. The lowest BCUT2D eigenvalue weighted by molar-refractivity contribution is -0.385. The molecule has 1 atom stereocenters. The lowest BCUT2D eigenvalue weighted by Gasteiger charge is -2.16. The Morgan fingerprint density at radius 1 is 1.55 bits per heavy atom. The first kappa shape index (κ1) is 15.6. The summed E-state index contributed by atoms with van der Waals surface area (Å²) in [5.41, 5.74) is -0.772. The number of benzene rings is 1. The van der Waals surface area contributed by atoms with Crippen molar-refractivity contribution in [1.82, 2.24) is 0 Å². The molecule has 110 valence electrons. The van der Waals surface area contributed by atoms with Crippen LogP contribution in [0.3, 0.4) is 0 Å². The maximum Gasteiger partial charge on any atom is 0.330 e. The van der Waals surface area contributed by atoms with Crippen LogP contribution in [0.15, 0.2) is 12.1 Å². The van der Waals surface area contributed by atoms with Gasteiger partial charge >= 0.3 is 11.7 Å². The first-order valence-electron chi connectivity index (χ1n) is 5.41. The van der Waals surface area contributed by atoms with Gasteiger partial charge in [0, 0.05) is 6.07 Å². The topological polar surface area (TPSA) is 111 Å². The second kappa shape index (κ2) is 6.66. The fourth-order valence-corrected chi connectivity index (χ4v) is 1.47. The summed E-state index contributed by atoms with van der Waals surface area (Å²) >= 11 is 0. The zero-order chi connectivity index (χ0) is 15.3. The van der Waals surface area contributed by atoms with Crippen LogP contribution >= 0.6 is 0 Å². The number of nitrogens with zero attached hydrogens (tertiary/aromatic N) is 1. The van der Waals surface area contributed by atoms with Gasteiger partial charge in [0.15, 0.2) is 11.6 Å². The first-order valence-corrected chi connectivity index (χ1v) is 5.41. The average molecular weight is 288 g/mol. The molecule has 1 aromatic rings. The van der Waals surface area contributed by atoms with Gasteiger partial charge < -0.3 is 19.9 Å². The number of nitro groups is 1. The number of esters is 1. The zero-order valence-corrected chi connectivity index (χ0v) is 10.8. The largest absolute Gasteiger partial charge is 0.490 e. The van der Waals surface area contributed by atoms with Crippen molar-refractivity contribution in [2.75, 3.05) is 26.1 Å². The Labute approximate surface area is 113 Å². The summed E-state index contributed by atoms with van der Waals surface area (Å²) in [4.78, 5) is 21.2. The van der Waals surface area contributed by atoms with E-state index in [-0.39, 0.29) is 11.4 Å². The van der Waals surface area contributed by atoms with E-state index in [1.165, 1.54) is 7.11 Å². The molecule has 0 fully saturated rings. The number of hydrogen-bond acceptors (Lipinski definition) is 7. The van der Waals surface area contributed by atoms with Crippen LogP contribution in [-0.4, -0.2) is 42.9 Å². The van der Waals surface area contributed by atoms with Crippen LogP contribution in [0.25, 0.3) is 0 Å². The number of carbonyl (C=O) groups is 1. The van der Waals surface area contributed by atoms with E-state index < -0.39 is 35.0 Å². The van der Waals surface area contributed by atoms with E-state index in [2.05, 4.69) is 10.1 Å². The van der Waals surface area contributed by atoms with Gasteiger partial charge in [-0.25, -0.2) is 9.18 Å². The maximum atomic E-state index is 13.7. The average Bonchev–Trinajstić information content (AvgIpc) is 2.44. The lowest BCUT2D eigenvalue weighted by atomic mass is 10.2. The highest BCUT2D eigenvalue weighted by molar-refractivity contribution is 5.79. The van der Waals surface area contributed by atoms with Gasteiger partial charge in [-0.15, -0.1) is 0 Å². The van der Waals surface area contributed by atoms with Crippen LogP contribution in [-0.2, 0) is 9.53 Å². The minimum absolute atomic E-state index is 0.180. The van der Waals surface area contributed by atoms with Crippen LogP contribution in [0.1, 0.15) is 0 Å². The van der Waals surface area contributed by atoms with Crippen molar-refractivity contribution in [2.24, 2.45) is 0 Å². The summed E-state index contributed by atoms with van der Waals surface area (Å²) in [7, 11) is 2.30. The molecular weight excluding hydrogens is 275 g/mol. The monoisotopic (exact) mass is 288 g/mol. The number of methoxy groups -OCH3 is 2. The maximum absolute atomic E-state index is 13.7. The molecule has 0 heterocycles. The molecule has 0 aliphatic rings. The molecular formula is C11H13FN2O6. The molecule has 8 nitrogen and oxygen atoms in total. The number of aliphatic hydroxyl groups excluding tert-OH is 1. The molecule has 0 radical (unpaired) electrons. The summed E-state index contributed by atoms with van der Waals surface area (Å²) in [6.07, 6.45) is 0. The molecule has 20 heavy (non-hydrogen) atoms. The minimum atomic E-state index is -1.19. The van der Waals surface area contributed by atoms with Crippen LogP contribution in [0.5, 0.6) is 5.75 Å². The number of carbonyl (C=O) groups excluding carboxylic acids is 1. The van der Waals surface area contributed by atoms with E-state index in [0.717, 1.165) is 13.2 Å². The minimum Gasteiger partial charge on any atom is -0.490 e. The van der Waals surface area contributed by atoms with Gasteiger partial charge in [0.1, 0.15) is 6.04 Å². The molecule has 0 aliphatic carbocycles. The van der Waals surface area contributed by atoms with Gasteiger partial charge in [0.25, 0.3) is 0 Å². The predicted molar refractivity (Wildman–Crippen MR) is 66.1 cm³/mol. The van der Waals surface area contributed by atoms with Crippen molar-refractivity contribution < 1.29 is 28.7 Å². The molecule has 9 heteroatoms. The lowest BCUT2D eigenvalue weighted by Crippen LogP contribution is -2.34. The van der Waals surface area contributed by atoms with E-state index in [0.29, 0.717) is 6.07 Å². The molecule has 0 saturated carbocycles. The number of nitro benzene ring substituents is 1. The standard InChI is InChI=1S/C11H13FN2O6/c1-19-10-4-7(6(12)3-9(10)14(17)18)13-8(5-15)11(16)20-2/h3-4,8,13,15H,5H2,1-2H3. The van der Waals surface area contributed by atoms with Crippen LogP contribution in [0.4, 0.5) is 15.8 Å². The summed E-state index contributed by atoms with van der Waals surface area (Å²) in [6.45, 7) is -0.634. The fourth-order valence-electron chi connectivity index (χ4n) is 1.47. The van der Waals surface area contributed by atoms with Crippen molar-refractivity contribution in [2.45, 2.75) is 6.04 Å². The summed E-state index contributed by atoms with van der Waals surface area (Å²) in [5.74, 6) is -1.94. The SMILES string of the molecule is COC(=O)C(CO)Nc1cc(OC)c([N+](=O)[O-])cc1F. The molecule has 1 aromatic carbocycles. The van der Waals surface area contributed by atoms with Gasteiger partial charge in [-0.05, 0) is 0 Å². The van der Waals surface area contributed by atoms with Crippen LogP contribution < -0.4 is 10.1 Å². The van der Waals surface area contributed by atoms with E-state index in [1.54, 1.807) is 0 Å². The Balaban J connectivity index is 3.13. The molecule has 1 rings (SSSR count). The van der Waals surface area contributed by atoms with Crippen LogP contribution in [0, 0.1) is 15.9 Å². The normalized spacial score (nSPS) is 11.6. The highest BCUT2D eigenvalue weighted by atomic mass is 19.1. The quantitative estimate of drug-likeness (QED) is 0.450. The Kier molecular flexibility index (Phi) is 5.21. The molecule has 0 bridgehead atoms. The number of rotatable bonds is 6. The number of halogens is 1. The van der Waals surface area contributed by atoms with Gasteiger partial charge in [0.2, 0.25) is 0 Å². The summed E-state index contributed by atoms with van der Waals surface area (Å²) < 4.78 is 22.9. The Morgan fingerprint density at radius 2 is 2.20 bits per heavy atom. The van der Waals surface area contributed by atoms with E-state index in [1.807, 2.05) is 0 Å². The second-order valence-electron chi connectivity index (χ2n) is 3.66. The second-order valence-corrected chi connectivity index (χ2v) is 3.66. The van der Waals surface area contributed by atoms with E-state index in [4.69, 9.17) is 9.84 Å². The molecule has 0 spiro atoms. The van der Waals surface area contributed by atoms with Gasteiger partial charge in [-0.2, -0.15) is 0 Å². The summed E-state index contributed by atoms with van der Waals surface area (Å²) in [5, 5.41) is 22.1. The van der Waals surface area contributed by atoms with Gasteiger partial charge in [-0.3, -0.25) is 10.1 Å². The van der Waals surface area contributed by atoms with Crippen molar-refractivity contribution in [3.05, 3.63) is 28.1 Å². The molecule has 1 unspecified atom stereocenters. The van der Waals surface area contributed by atoms with E-state index >= 15 is 0 Å². The van der Waals surface area contributed by atoms with Crippen molar-refractivity contribution in [3.8, 4) is 5.75 Å². The summed E-state index contributed by atoms with van der Waals surface area (Å²) in [6, 6.07) is 0.493. The fraction of sp³-hybridized carbons (Fsp3) is 0.364. The smallest absolute Gasteiger partial charge is 0.330 e. The van der Waals surface area contributed by atoms with Gasteiger partial charge in [-0.1, -0.05) is 0 Å². The number of aliphatic hydroxyl groups is 1.